The quantitative estimate of drug-likeness (QED) is 0.423. The van der Waals surface area contributed by atoms with Gasteiger partial charge in [-0.2, -0.15) is 0 Å². The predicted molar refractivity (Wildman–Crippen MR) is 37.6 cm³/mol. The summed E-state index contributed by atoms with van der Waals surface area (Å²) in [7, 11) is 0. The Labute approximate surface area is 58.6 Å². The van der Waals surface area contributed by atoms with Crippen LogP contribution in [0.15, 0.2) is 11.3 Å². The van der Waals surface area contributed by atoms with Gasteiger partial charge in [0.25, 0.3) is 5.91 Å². The van der Waals surface area contributed by atoms with Crippen LogP contribution in [0.5, 0.6) is 0 Å². The molecule has 1 aliphatic rings. The first-order valence-corrected chi connectivity index (χ1v) is 3.03. The topological polar surface area (TPSA) is 79.0 Å². The van der Waals surface area contributed by atoms with Crippen molar-refractivity contribution in [3.05, 3.63) is 11.3 Å². The summed E-state index contributed by atoms with van der Waals surface area (Å²) < 4.78 is 0. The second kappa shape index (κ2) is 2.51. The van der Waals surface area contributed by atoms with Crippen molar-refractivity contribution >= 4 is 12.1 Å². The standard InChI is InChI=1S/C6H9N3O/c7-3-4-5(8)1-2-9-6(4)10/h3,7H,1-2,8H2,(H,9,10). The van der Waals surface area contributed by atoms with Gasteiger partial charge >= 0.3 is 0 Å². The van der Waals surface area contributed by atoms with Gasteiger partial charge in [-0.25, -0.2) is 0 Å². The van der Waals surface area contributed by atoms with Crippen molar-refractivity contribution < 1.29 is 4.79 Å². The SMILES string of the molecule is N=CC1=C(N)CCNC1=O. The summed E-state index contributed by atoms with van der Waals surface area (Å²) in [5.74, 6) is -0.237. The molecule has 0 bridgehead atoms. The summed E-state index contributed by atoms with van der Waals surface area (Å²) >= 11 is 0. The second-order valence-corrected chi connectivity index (χ2v) is 2.09. The maximum atomic E-state index is 10.8. The van der Waals surface area contributed by atoms with Crippen LogP contribution in [0.1, 0.15) is 6.42 Å². The fraction of sp³-hybridized carbons (Fsp3) is 0.333. The Morgan fingerprint density at radius 2 is 2.40 bits per heavy atom. The summed E-state index contributed by atoms with van der Waals surface area (Å²) in [5, 5.41) is 9.42. The van der Waals surface area contributed by atoms with Crippen molar-refractivity contribution in [3.63, 3.8) is 0 Å². The predicted octanol–water partition coefficient (Wildman–Crippen LogP) is -0.631. The molecule has 0 aromatic heterocycles. The molecule has 0 atom stereocenters. The molecule has 10 heavy (non-hydrogen) atoms. The van der Waals surface area contributed by atoms with E-state index < -0.39 is 0 Å². The summed E-state index contributed by atoms with van der Waals surface area (Å²) in [4.78, 5) is 10.8. The third-order valence-corrected chi connectivity index (χ3v) is 1.41. The van der Waals surface area contributed by atoms with E-state index >= 15 is 0 Å². The van der Waals surface area contributed by atoms with Crippen LogP contribution in [-0.4, -0.2) is 18.7 Å². The Morgan fingerprint density at radius 1 is 1.70 bits per heavy atom. The van der Waals surface area contributed by atoms with E-state index in [4.69, 9.17) is 11.1 Å². The highest BCUT2D eigenvalue weighted by Gasteiger charge is 2.14. The zero-order valence-corrected chi connectivity index (χ0v) is 5.48. The van der Waals surface area contributed by atoms with Gasteiger partial charge in [-0.15, -0.1) is 0 Å². The smallest absolute Gasteiger partial charge is 0.254 e. The van der Waals surface area contributed by atoms with Crippen LogP contribution in [0.2, 0.25) is 0 Å². The monoisotopic (exact) mass is 139 g/mol. The van der Waals surface area contributed by atoms with Gasteiger partial charge in [-0.1, -0.05) is 0 Å². The lowest BCUT2D eigenvalue weighted by molar-refractivity contribution is -0.117. The molecule has 4 heteroatoms. The maximum Gasteiger partial charge on any atom is 0.254 e. The molecule has 1 rings (SSSR count). The van der Waals surface area contributed by atoms with Gasteiger partial charge in [0.05, 0.1) is 5.57 Å². The van der Waals surface area contributed by atoms with E-state index in [-0.39, 0.29) is 5.91 Å². The number of hydrogen-bond donors (Lipinski definition) is 3. The van der Waals surface area contributed by atoms with Crippen molar-refractivity contribution in [1.29, 1.82) is 5.41 Å². The summed E-state index contributed by atoms with van der Waals surface area (Å²) in [6, 6.07) is 0. The van der Waals surface area contributed by atoms with Crippen LogP contribution in [0.25, 0.3) is 0 Å². The highest BCUT2D eigenvalue weighted by molar-refractivity contribution is 6.12. The van der Waals surface area contributed by atoms with E-state index in [9.17, 15) is 4.79 Å². The highest BCUT2D eigenvalue weighted by atomic mass is 16.1. The molecule has 0 fully saturated rings. The van der Waals surface area contributed by atoms with Gasteiger partial charge in [0.2, 0.25) is 0 Å². The summed E-state index contributed by atoms with van der Waals surface area (Å²) in [6.45, 7) is 0.585. The molecule has 0 unspecified atom stereocenters. The average molecular weight is 139 g/mol. The van der Waals surface area contributed by atoms with Crippen LogP contribution in [0.3, 0.4) is 0 Å². The molecule has 0 aromatic carbocycles. The number of nitrogens with two attached hydrogens (primary N) is 1. The molecular formula is C6H9N3O. The number of carbonyl (C=O) groups is 1. The Hall–Kier alpha value is -1.32. The minimum atomic E-state index is -0.237. The van der Waals surface area contributed by atoms with Gasteiger partial charge in [0.1, 0.15) is 0 Å². The average Bonchev–Trinajstić information content (AvgIpc) is 1.88. The van der Waals surface area contributed by atoms with Crippen molar-refractivity contribution in [2.75, 3.05) is 6.54 Å². The van der Waals surface area contributed by atoms with Crippen molar-refractivity contribution in [2.24, 2.45) is 5.73 Å². The van der Waals surface area contributed by atoms with Crippen LogP contribution < -0.4 is 11.1 Å². The Bertz CT molecular complexity index is 207. The van der Waals surface area contributed by atoms with E-state index in [0.29, 0.717) is 24.2 Å². The van der Waals surface area contributed by atoms with E-state index in [1.165, 1.54) is 0 Å². The van der Waals surface area contributed by atoms with Crippen LogP contribution in [0.4, 0.5) is 0 Å². The number of rotatable bonds is 1. The lowest BCUT2D eigenvalue weighted by Crippen LogP contribution is -2.34. The van der Waals surface area contributed by atoms with Gasteiger partial charge < -0.3 is 16.5 Å². The van der Waals surface area contributed by atoms with Gasteiger partial charge in [-0.05, 0) is 0 Å². The van der Waals surface area contributed by atoms with E-state index in [0.717, 1.165) is 6.21 Å². The normalized spacial score (nSPS) is 18.6. The molecule has 1 heterocycles. The number of hydrogen-bond acceptors (Lipinski definition) is 3. The molecule has 54 valence electrons. The first-order chi connectivity index (χ1) is 4.75. The van der Waals surface area contributed by atoms with Gasteiger partial charge in [0.15, 0.2) is 0 Å². The third kappa shape index (κ3) is 1.00. The number of amides is 1. The third-order valence-electron chi connectivity index (χ3n) is 1.41. The molecule has 1 amide bonds. The van der Waals surface area contributed by atoms with Crippen LogP contribution >= 0.6 is 0 Å². The van der Waals surface area contributed by atoms with Crippen molar-refractivity contribution in [3.8, 4) is 0 Å². The number of carbonyl (C=O) groups excluding carboxylic acids is 1. The molecule has 4 nitrogen and oxygen atoms in total. The van der Waals surface area contributed by atoms with Gasteiger partial charge in [-0.3, -0.25) is 4.79 Å². The molecular weight excluding hydrogens is 130 g/mol. The molecule has 0 aliphatic carbocycles. The molecule has 0 spiro atoms. The molecule has 0 radical (unpaired) electrons. The fourth-order valence-electron chi connectivity index (χ4n) is 0.845. The summed E-state index contributed by atoms with van der Waals surface area (Å²) in [5.41, 5.74) is 6.26. The van der Waals surface area contributed by atoms with E-state index in [2.05, 4.69) is 5.32 Å². The molecule has 0 saturated carbocycles. The first-order valence-electron chi connectivity index (χ1n) is 3.03. The molecule has 0 aromatic rings. The Kier molecular flexibility index (Phi) is 1.71. The Morgan fingerprint density at radius 3 is 2.80 bits per heavy atom. The van der Waals surface area contributed by atoms with Crippen molar-refractivity contribution in [2.45, 2.75) is 6.42 Å². The molecule has 0 saturated heterocycles. The first kappa shape index (κ1) is 6.80. The summed E-state index contributed by atoms with van der Waals surface area (Å²) in [6.07, 6.45) is 1.64. The fourth-order valence-corrected chi connectivity index (χ4v) is 0.845. The minimum Gasteiger partial charge on any atom is -0.401 e. The van der Waals surface area contributed by atoms with Crippen molar-refractivity contribution in [1.82, 2.24) is 5.32 Å². The van der Waals surface area contributed by atoms with Crippen LogP contribution in [0, 0.1) is 5.41 Å². The largest absolute Gasteiger partial charge is 0.401 e. The lowest BCUT2D eigenvalue weighted by Gasteiger charge is -2.13. The second-order valence-electron chi connectivity index (χ2n) is 2.09. The van der Waals surface area contributed by atoms with Crippen LogP contribution in [-0.2, 0) is 4.79 Å². The lowest BCUT2D eigenvalue weighted by atomic mass is 10.1. The molecule has 4 N–H and O–H groups in total. The zero-order valence-electron chi connectivity index (χ0n) is 5.48. The van der Waals surface area contributed by atoms with Gasteiger partial charge in [0, 0.05) is 24.9 Å². The number of nitrogens with one attached hydrogen (secondary N) is 2. The maximum absolute atomic E-state index is 10.8. The van der Waals surface area contributed by atoms with E-state index in [1.54, 1.807) is 0 Å². The molecule has 1 aliphatic heterocycles. The van der Waals surface area contributed by atoms with E-state index in [1.807, 2.05) is 0 Å². The Balaban J connectivity index is 2.94. The minimum absolute atomic E-state index is 0.237. The highest BCUT2D eigenvalue weighted by Crippen LogP contribution is 2.04. The zero-order chi connectivity index (χ0) is 7.56.